The lowest BCUT2D eigenvalue weighted by molar-refractivity contribution is -0.120. The fourth-order valence-electron chi connectivity index (χ4n) is 0.785. The van der Waals surface area contributed by atoms with E-state index in [0.717, 1.165) is 0 Å². The largest absolute Gasteiger partial charge is 0.304 e. The van der Waals surface area contributed by atoms with Crippen molar-refractivity contribution < 1.29 is 4.79 Å². The van der Waals surface area contributed by atoms with Crippen molar-refractivity contribution in [2.45, 2.75) is 25.5 Å². The van der Waals surface area contributed by atoms with E-state index in [1.165, 1.54) is 11.8 Å². The number of amidine groups is 1. The normalized spacial score (nSPS) is 11.6. The van der Waals surface area contributed by atoms with Crippen molar-refractivity contribution in [1.29, 1.82) is 5.41 Å². The van der Waals surface area contributed by atoms with E-state index in [-0.39, 0.29) is 15.8 Å². The molecular formula is C9H19N3OS. The molecule has 0 saturated carbocycles. The first-order valence-electron chi connectivity index (χ1n) is 4.43. The Labute approximate surface area is 89.9 Å². The van der Waals surface area contributed by atoms with Gasteiger partial charge in [0.2, 0.25) is 5.91 Å². The Balaban J connectivity index is 3.90. The van der Waals surface area contributed by atoms with Crippen molar-refractivity contribution in [3.63, 3.8) is 0 Å². The number of hydrogen-bond donors (Lipinski definition) is 2. The Morgan fingerprint density at radius 3 is 2.29 bits per heavy atom. The van der Waals surface area contributed by atoms with E-state index in [2.05, 4.69) is 5.32 Å². The van der Waals surface area contributed by atoms with Gasteiger partial charge in [-0.05, 0) is 14.1 Å². The Bertz CT molecular complexity index is 221. The molecule has 0 unspecified atom stereocenters. The van der Waals surface area contributed by atoms with Crippen LogP contribution in [0.1, 0.15) is 20.8 Å². The quantitative estimate of drug-likeness (QED) is 0.538. The van der Waals surface area contributed by atoms with E-state index >= 15 is 0 Å². The molecule has 4 nitrogen and oxygen atoms in total. The molecule has 14 heavy (non-hydrogen) atoms. The fourth-order valence-corrected chi connectivity index (χ4v) is 1.56. The van der Waals surface area contributed by atoms with Gasteiger partial charge >= 0.3 is 0 Å². The van der Waals surface area contributed by atoms with Crippen LogP contribution in [0.4, 0.5) is 0 Å². The Hall–Kier alpha value is -0.550. The van der Waals surface area contributed by atoms with Crippen LogP contribution in [0.15, 0.2) is 0 Å². The van der Waals surface area contributed by atoms with E-state index in [1.807, 2.05) is 34.9 Å². The van der Waals surface area contributed by atoms with Crippen LogP contribution in [-0.2, 0) is 4.79 Å². The number of likely N-dealkylation sites (N-methyl/N-ethyl adjacent to an activating group) is 1. The number of hydrogen-bond acceptors (Lipinski definition) is 4. The Morgan fingerprint density at radius 1 is 1.43 bits per heavy atom. The van der Waals surface area contributed by atoms with Crippen LogP contribution in [0.25, 0.3) is 0 Å². The highest BCUT2D eigenvalue weighted by Crippen LogP contribution is 2.22. The number of amides is 1. The maximum atomic E-state index is 11.2. The van der Waals surface area contributed by atoms with E-state index < -0.39 is 0 Å². The van der Waals surface area contributed by atoms with Gasteiger partial charge in [0.1, 0.15) is 0 Å². The van der Waals surface area contributed by atoms with Gasteiger partial charge in [-0.1, -0.05) is 32.5 Å². The summed E-state index contributed by atoms with van der Waals surface area (Å²) < 4.78 is -0.0392. The summed E-state index contributed by atoms with van der Waals surface area (Å²) in [5, 5.41) is 10.3. The summed E-state index contributed by atoms with van der Waals surface area (Å²) in [6.45, 7) is 6.33. The van der Waals surface area contributed by atoms with Crippen LogP contribution in [0.3, 0.4) is 0 Å². The van der Waals surface area contributed by atoms with Gasteiger partial charge in [-0.15, -0.1) is 0 Å². The van der Waals surface area contributed by atoms with Crippen LogP contribution in [0.2, 0.25) is 0 Å². The zero-order chi connectivity index (χ0) is 11.4. The van der Waals surface area contributed by atoms with Gasteiger partial charge in [0.05, 0.1) is 6.54 Å². The van der Waals surface area contributed by atoms with Gasteiger partial charge in [-0.3, -0.25) is 10.2 Å². The molecule has 0 aliphatic carbocycles. The molecule has 0 rings (SSSR count). The predicted molar refractivity (Wildman–Crippen MR) is 61.8 cm³/mol. The summed E-state index contributed by atoms with van der Waals surface area (Å²) in [5.74, 6) is -0.142. The average Bonchev–Trinajstić information content (AvgIpc) is 1.77. The second-order valence-corrected chi connectivity index (χ2v) is 6.17. The van der Waals surface area contributed by atoms with E-state index in [0.29, 0.717) is 6.54 Å². The lowest BCUT2D eigenvalue weighted by atomic mass is 10.3. The number of carbonyl (C=O) groups is 1. The number of nitrogens with one attached hydrogen (secondary N) is 2. The molecule has 0 aromatic heterocycles. The maximum Gasteiger partial charge on any atom is 0.240 e. The van der Waals surface area contributed by atoms with Crippen molar-refractivity contribution in [1.82, 2.24) is 10.2 Å². The third-order valence-electron chi connectivity index (χ3n) is 1.12. The third-order valence-corrected chi connectivity index (χ3v) is 2.04. The van der Waals surface area contributed by atoms with E-state index in [1.54, 1.807) is 4.90 Å². The van der Waals surface area contributed by atoms with Crippen molar-refractivity contribution in [2.24, 2.45) is 0 Å². The molecule has 0 atom stereocenters. The number of nitrogens with zero attached hydrogens (tertiary/aromatic N) is 1. The van der Waals surface area contributed by atoms with Crippen LogP contribution >= 0.6 is 11.8 Å². The predicted octanol–water partition coefficient (Wildman–Crippen LogP) is 1.13. The number of carbonyl (C=O) groups excluding carboxylic acids is 1. The second-order valence-electron chi connectivity index (χ2n) is 4.33. The molecule has 0 aliphatic rings. The molecule has 0 radical (unpaired) electrons. The summed E-state index contributed by atoms with van der Waals surface area (Å²) >= 11 is 1.35. The van der Waals surface area contributed by atoms with Crippen molar-refractivity contribution in [3.05, 3.63) is 0 Å². The molecule has 0 fully saturated rings. The molecule has 0 aromatic rings. The topological polar surface area (TPSA) is 56.2 Å². The second kappa shape index (κ2) is 5.36. The smallest absolute Gasteiger partial charge is 0.240 e. The van der Waals surface area contributed by atoms with Gasteiger partial charge in [0.25, 0.3) is 0 Å². The molecule has 0 aromatic carbocycles. The summed E-state index contributed by atoms with van der Waals surface area (Å²) in [5.41, 5.74) is 0. The van der Waals surface area contributed by atoms with Gasteiger partial charge in [0.15, 0.2) is 5.17 Å². The van der Waals surface area contributed by atoms with Crippen LogP contribution in [0, 0.1) is 5.41 Å². The number of thioether (sulfide) groups is 1. The van der Waals surface area contributed by atoms with Crippen LogP contribution in [-0.4, -0.2) is 41.4 Å². The first kappa shape index (κ1) is 13.4. The van der Waals surface area contributed by atoms with Crippen molar-refractivity contribution in [3.8, 4) is 0 Å². The summed E-state index contributed by atoms with van der Waals surface area (Å²) in [6.07, 6.45) is 0. The number of rotatable bonds is 2. The highest BCUT2D eigenvalue weighted by molar-refractivity contribution is 8.14. The van der Waals surface area contributed by atoms with Gasteiger partial charge in [-0.25, -0.2) is 0 Å². The molecule has 0 aliphatic heterocycles. The molecule has 0 bridgehead atoms. The average molecular weight is 217 g/mol. The Kier molecular flexibility index (Phi) is 5.15. The highest BCUT2D eigenvalue weighted by atomic mass is 32.2. The van der Waals surface area contributed by atoms with Gasteiger partial charge in [0, 0.05) is 4.75 Å². The third kappa shape index (κ3) is 8.07. The SMILES string of the molecule is CN(C)CC(=O)NC(=N)SC(C)(C)C. The van der Waals surface area contributed by atoms with E-state index in [9.17, 15) is 4.79 Å². The minimum absolute atomic E-state index is 0.0392. The summed E-state index contributed by atoms with van der Waals surface area (Å²) in [6, 6.07) is 0. The molecule has 0 spiro atoms. The standard InChI is InChI=1S/C9H19N3OS/c1-9(2,3)14-8(10)11-7(13)6-12(4)5/h6H2,1-5H3,(H2,10,11,13). The van der Waals surface area contributed by atoms with Crippen molar-refractivity contribution >= 4 is 22.8 Å². The molecule has 5 heteroatoms. The fraction of sp³-hybridized carbons (Fsp3) is 0.778. The molecular weight excluding hydrogens is 198 g/mol. The molecule has 2 N–H and O–H groups in total. The van der Waals surface area contributed by atoms with Gasteiger partial charge in [-0.2, -0.15) is 0 Å². The summed E-state index contributed by atoms with van der Waals surface area (Å²) in [4.78, 5) is 13.0. The minimum atomic E-state index is -0.142. The lowest BCUT2D eigenvalue weighted by Crippen LogP contribution is -2.36. The first-order valence-corrected chi connectivity index (χ1v) is 5.24. The highest BCUT2D eigenvalue weighted by Gasteiger charge is 2.15. The molecule has 0 saturated heterocycles. The lowest BCUT2D eigenvalue weighted by Gasteiger charge is -2.18. The summed E-state index contributed by atoms with van der Waals surface area (Å²) in [7, 11) is 3.64. The molecule has 82 valence electrons. The zero-order valence-electron chi connectivity index (χ0n) is 9.47. The molecule has 0 heterocycles. The van der Waals surface area contributed by atoms with Crippen molar-refractivity contribution in [2.75, 3.05) is 20.6 Å². The zero-order valence-corrected chi connectivity index (χ0v) is 10.3. The first-order chi connectivity index (χ1) is 6.20. The van der Waals surface area contributed by atoms with E-state index in [4.69, 9.17) is 5.41 Å². The van der Waals surface area contributed by atoms with Crippen LogP contribution in [0.5, 0.6) is 0 Å². The monoisotopic (exact) mass is 217 g/mol. The minimum Gasteiger partial charge on any atom is -0.304 e. The molecule has 1 amide bonds. The Morgan fingerprint density at radius 2 is 1.93 bits per heavy atom. The van der Waals surface area contributed by atoms with Gasteiger partial charge < -0.3 is 10.2 Å². The van der Waals surface area contributed by atoms with Crippen LogP contribution < -0.4 is 5.32 Å². The maximum absolute atomic E-state index is 11.2.